The van der Waals surface area contributed by atoms with Gasteiger partial charge in [-0.15, -0.1) is 0 Å². The van der Waals surface area contributed by atoms with Crippen molar-refractivity contribution in [2.75, 3.05) is 19.9 Å². The van der Waals surface area contributed by atoms with E-state index >= 15 is 0 Å². The minimum atomic E-state index is 0.260. The molecule has 1 aromatic heterocycles. The number of fused-ring (bicyclic) bond motifs is 1. The summed E-state index contributed by atoms with van der Waals surface area (Å²) in [6, 6.07) is 3.82. The maximum absolute atomic E-state index is 5.85. The highest BCUT2D eigenvalue weighted by Crippen LogP contribution is 2.38. The molecule has 0 saturated heterocycles. The number of hydrogen-bond donors (Lipinski definition) is 1. The van der Waals surface area contributed by atoms with Crippen LogP contribution < -0.4 is 19.9 Å². The summed E-state index contributed by atoms with van der Waals surface area (Å²) in [6.45, 7) is 2.14. The lowest BCUT2D eigenvalue weighted by Gasteiger charge is -2.12. The monoisotopic (exact) mass is 275 g/mol. The highest BCUT2D eigenvalue weighted by Gasteiger charge is 2.17. The molecule has 1 aliphatic heterocycles. The largest absolute Gasteiger partial charge is 0.491 e. The SMILES string of the molecule is NCCc1cc2c(cc1OCCn1ccnc1)OCO2. The quantitative estimate of drug-likeness (QED) is 0.857. The van der Waals surface area contributed by atoms with Gasteiger partial charge in [0.25, 0.3) is 0 Å². The van der Waals surface area contributed by atoms with Crippen molar-refractivity contribution in [1.82, 2.24) is 9.55 Å². The number of nitrogens with two attached hydrogens (primary N) is 1. The van der Waals surface area contributed by atoms with Crippen LogP contribution in [-0.4, -0.2) is 29.5 Å². The van der Waals surface area contributed by atoms with Gasteiger partial charge in [-0.25, -0.2) is 4.98 Å². The summed E-state index contributed by atoms with van der Waals surface area (Å²) in [5.74, 6) is 2.29. The van der Waals surface area contributed by atoms with Gasteiger partial charge in [-0.1, -0.05) is 0 Å². The molecule has 1 aliphatic rings. The van der Waals surface area contributed by atoms with Crippen LogP contribution in [0, 0.1) is 0 Å². The molecule has 0 fully saturated rings. The molecule has 20 heavy (non-hydrogen) atoms. The highest BCUT2D eigenvalue weighted by molar-refractivity contribution is 5.52. The maximum Gasteiger partial charge on any atom is 0.231 e. The lowest BCUT2D eigenvalue weighted by Crippen LogP contribution is -2.09. The Bertz CT molecular complexity index is 569. The Kier molecular flexibility index (Phi) is 3.73. The zero-order chi connectivity index (χ0) is 13.8. The molecule has 1 aromatic carbocycles. The first kappa shape index (κ1) is 12.8. The minimum absolute atomic E-state index is 0.260. The van der Waals surface area contributed by atoms with Gasteiger partial charge in [-0.2, -0.15) is 0 Å². The van der Waals surface area contributed by atoms with E-state index in [9.17, 15) is 0 Å². The molecule has 106 valence electrons. The molecule has 0 bridgehead atoms. The van der Waals surface area contributed by atoms with Gasteiger partial charge in [0.1, 0.15) is 12.4 Å². The van der Waals surface area contributed by atoms with Crippen LogP contribution in [0.2, 0.25) is 0 Å². The second-order valence-electron chi connectivity index (χ2n) is 4.50. The summed E-state index contributed by atoms with van der Waals surface area (Å²) in [6.07, 6.45) is 6.17. The molecule has 2 heterocycles. The Morgan fingerprint density at radius 2 is 2.15 bits per heavy atom. The summed E-state index contributed by atoms with van der Waals surface area (Å²) < 4.78 is 18.6. The van der Waals surface area contributed by atoms with Crippen LogP contribution >= 0.6 is 0 Å². The third kappa shape index (κ3) is 2.70. The fourth-order valence-corrected chi connectivity index (χ4v) is 2.13. The van der Waals surface area contributed by atoms with E-state index < -0.39 is 0 Å². The summed E-state index contributed by atoms with van der Waals surface area (Å²) in [7, 11) is 0. The average molecular weight is 275 g/mol. The maximum atomic E-state index is 5.85. The Morgan fingerprint density at radius 3 is 2.90 bits per heavy atom. The van der Waals surface area contributed by atoms with Crippen LogP contribution in [0.4, 0.5) is 0 Å². The van der Waals surface area contributed by atoms with E-state index in [-0.39, 0.29) is 6.79 Å². The number of aromatic nitrogens is 2. The molecule has 2 aromatic rings. The Morgan fingerprint density at radius 1 is 1.30 bits per heavy atom. The zero-order valence-electron chi connectivity index (χ0n) is 11.1. The number of imidazole rings is 1. The van der Waals surface area contributed by atoms with Crippen LogP contribution in [0.25, 0.3) is 0 Å². The predicted molar refractivity (Wildman–Crippen MR) is 73.0 cm³/mol. The van der Waals surface area contributed by atoms with E-state index in [1.54, 1.807) is 12.5 Å². The van der Waals surface area contributed by atoms with Crippen LogP contribution in [0.3, 0.4) is 0 Å². The predicted octanol–water partition coefficient (Wildman–Crippen LogP) is 1.19. The van der Waals surface area contributed by atoms with Gasteiger partial charge < -0.3 is 24.5 Å². The minimum Gasteiger partial charge on any atom is -0.491 e. The van der Waals surface area contributed by atoms with Crippen molar-refractivity contribution >= 4 is 0 Å². The van der Waals surface area contributed by atoms with Gasteiger partial charge in [0.15, 0.2) is 11.5 Å². The second-order valence-corrected chi connectivity index (χ2v) is 4.50. The van der Waals surface area contributed by atoms with Crippen molar-refractivity contribution in [2.24, 2.45) is 5.73 Å². The summed E-state index contributed by atoms with van der Waals surface area (Å²) in [5, 5.41) is 0. The van der Waals surface area contributed by atoms with Gasteiger partial charge in [0, 0.05) is 18.5 Å². The number of benzene rings is 1. The molecule has 0 amide bonds. The van der Waals surface area contributed by atoms with E-state index in [1.165, 1.54) is 0 Å². The van der Waals surface area contributed by atoms with E-state index in [2.05, 4.69) is 4.98 Å². The van der Waals surface area contributed by atoms with Crippen LogP contribution in [0.5, 0.6) is 17.2 Å². The molecular formula is C14H17N3O3. The summed E-state index contributed by atoms with van der Waals surface area (Å²) in [5.41, 5.74) is 6.68. The molecule has 6 heteroatoms. The molecule has 3 rings (SSSR count). The van der Waals surface area contributed by atoms with Gasteiger partial charge in [-0.3, -0.25) is 0 Å². The van der Waals surface area contributed by atoms with Gasteiger partial charge in [0.05, 0.1) is 12.9 Å². The van der Waals surface area contributed by atoms with Crippen molar-refractivity contribution in [3.63, 3.8) is 0 Å². The molecule has 0 atom stereocenters. The Hall–Kier alpha value is -2.21. The Balaban J connectivity index is 1.70. The van der Waals surface area contributed by atoms with E-state index in [0.717, 1.165) is 35.8 Å². The zero-order valence-corrected chi connectivity index (χ0v) is 11.1. The number of rotatable bonds is 6. The van der Waals surface area contributed by atoms with Crippen molar-refractivity contribution < 1.29 is 14.2 Å². The van der Waals surface area contributed by atoms with Crippen molar-refractivity contribution in [3.8, 4) is 17.2 Å². The third-order valence-corrected chi connectivity index (χ3v) is 3.14. The molecule has 0 radical (unpaired) electrons. The van der Waals surface area contributed by atoms with E-state index in [0.29, 0.717) is 13.2 Å². The fourth-order valence-electron chi connectivity index (χ4n) is 2.13. The lowest BCUT2D eigenvalue weighted by molar-refractivity contribution is 0.173. The highest BCUT2D eigenvalue weighted by atomic mass is 16.7. The van der Waals surface area contributed by atoms with Gasteiger partial charge >= 0.3 is 0 Å². The smallest absolute Gasteiger partial charge is 0.231 e. The first-order chi connectivity index (χ1) is 9.86. The standard InChI is InChI=1S/C14H17N3O3/c15-2-1-11-7-13-14(20-10-19-13)8-12(11)18-6-5-17-4-3-16-9-17/h3-4,7-9H,1-2,5-6,10,15H2. The number of hydrogen-bond acceptors (Lipinski definition) is 5. The summed E-state index contributed by atoms with van der Waals surface area (Å²) >= 11 is 0. The molecular weight excluding hydrogens is 258 g/mol. The van der Waals surface area contributed by atoms with Crippen molar-refractivity contribution in [1.29, 1.82) is 0 Å². The normalized spacial score (nSPS) is 12.7. The second kappa shape index (κ2) is 5.83. The summed E-state index contributed by atoms with van der Waals surface area (Å²) in [4.78, 5) is 4.00. The van der Waals surface area contributed by atoms with E-state index in [4.69, 9.17) is 19.9 Å². The molecule has 6 nitrogen and oxygen atoms in total. The third-order valence-electron chi connectivity index (χ3n) is 3.14. The molecule has 2 N–H and O–H groups in total. The fraction of sp³-hybridized carbons (Fsp3) is 0.357. The van der Waals surface area contributed by atoms with Crippen LogP contribution in [0.15, 0.2) is 30.9 Å². The molecule has 0 unspecified atom stereocenters. The van der Waals surface area contributed by atoms with E-state index in [1.807, 2.05) is 22.9 Å². The van der Waals surface area contributed by atoms with Crippen LogP contribution in [-0.2, 0) is 13.0 Å². The lowest BCUT2D eigenvalue weighted by atomic mass is 10.1. The molecule has 0 saturated carbocycles. The van der Waals surface area contributed by atoms with Gasteiger partial charge in [-0.05, 0) is 24.6 Å². The number of nitrogens with zero attached hydrogens (tertiary/aromatic N) is 2. The van der Waals surface area contributed by atoms with Crippen molar-refractivity contribution in [2.45, 2.75) is 13.0 Å². The topological polar surface area (TPSA) is 71.5 Å². The number of ether oxygens (including phenoxy) is 3. The average Bonchev–Trinajstić information content (AvgIpc) is 3.10. The van der Waals surface area contributed by atoms with Gasteiger partial charge in [0.2, 0.25) is 6.79 Å². The Labute approximate surface area is 117 Å². The van der Waals surface area contributed by atoms with Crippen molar-refractivity contribution in [3.05, 3.63) is 36.4 Å². The first-order valence-corrected chi connectivity index (χ1v) is 6.58. The molecule has 0 spiro atoms. The van der Waals surface area contributed by atoms with Crippen LogP contribution in [0.1, 0.15) is 5.56 Å². The molecule has 0 aliphatic carbocycles. The first-order valence-electron chi connectivity index (χ1n) is 6.58.